The minimum atomic E-state index is -3.80. The van der Waals surface area contributed by atoms with Crippen molar-refractivity contribution in [3.8, 4) is 0 Å². The van der Waals surface area contributed by atoms with Gasteiger partial charge in [-0.25, -0.2) is 8.42 Å². The van der Waals surface area contributed by atoms with Crippen LogP contribution in [0.15, 0.2) is 83.3 Å². The fraction of sp³-hybridized carbons (Fsp3) is 0.259. The summed E-state index contributed by atoms with van der Waals surface area (Å²) in [6, 6.07) is 23.1. The Bertz CT molecular complexity index is 1300. The van der Waals surface area contributed by atoms with Crippen LogP contribution in [0.5, 0.6) is 0 Å². The van der Waals surface area contributed by atoms with E-state index in [0.29, 0.717) is 10.2 Å². The average Bonchev–Trinajstić information content (AvgIpc) is 2.85. The summed E-state index contributed by atoms with van der Waals surface area (Å²) in [5.41, 5.74) is 3.14. The van der Waals surface area contributed by atoms with Crippen molar-refractivity contribution in [3.63, 3.8) is 0 Å². The molecule has 7 nitrogen and oxygen atoms in total. The van der Waals surface area contributed by atoms with E-state index < -0.39 is 28.5 Å². The van der Waals surface area contributed by atoms with E-state index in [1.54, 1.807) is 24.3 Å². The van der Waals surface area contributed by atoms with Crippen LogP contribution in [0.2, 0.25) is 0 Å². The first-order valence-corrected chi connectivity index (χ1v) is 14.1. The Balaban J connectivity index is 2.03. The van der Waals surface area contributed by atoms with Crippen molar-refractivity contribution in [1.82, 2.24) is 10.2 Å². The molecular formula is C27H30BrN3O4S. The van der Waals surface area contributed by atoms with Gasteiger partial charge in [-0.15, -0.1) is 0 Å². The summed E-state index contributed by atoms with van der Waals surface area (Å²) >= 11 is 3.39. The molecule has 36 heavy (non-hydrogen) atoms. The molecule has 2 amide bonds. The molecule has 1 N–H and O–H groups in total. The molecule has 1 unspecified atom stereocenters. The minimum Gasteiger partial charge on any atom is -0.357 e. The van der Waals surface area contributed by atoms with Gasteiger partial charge in [0.05, 0.1) is 11.9 Å². The highest BCUT2D eigenvalue weighted by Crippen LogP contribution is 2.28. The van der Waals surface area contributed by atoms with Gasteiger partial charge in [0.1, 0.15) is 12.6 Å². The van der Waals surface area contributed by atoms with Gasteiger partial charge in [0.15, 0.2) is 0 Å². The van der Waals surface area contributed by atoms with E-state index in [-0.39, 0.29) is 18.9 Å². The van der Waals surface area contributed by atoms with Crippen LogP contribution < -0.4 is 9.62 Å². The molecule has 0 saturated heterocycles. The molecule has 3 rings (SSSR count). The van der Waals surface area contributed by atoms with E-state index in [2.05, 4.69) is 21.2 Å². The van der Waals surface area contributed by atoms with Crippen molar-refractivity contribution in [2.75, 3.05) is 24.2 Å². The molecule has 0 radical (unpaired) electrons. The van der Waals surface area contributed by atoms with Crippen LogP contribution in [0.4, 0.5) is 5.69 Å². The number of amides is 2. The second-order valence-electron chi connectivity index (χ2n) is 8.55. The predicted molar refractivity (Wildman–Crippen MR) is 146 cm³/mol. The van der Waals surface area contributed by atoms with E-state index in [4.69, 9.17) is 0 Å². The van der Waals surface area contributed by atoms with Gasteiger partial charge in [0.2, 0.25) is 21.8 Å². The molecule has 0 bridgehead atoms. The summed E-state index contributed by atoms with van der Waals surface area (Å²) in [4.78, 5) is 28.4. The Hall–Kier alpha value is -3.17. The van der Waals surface area contributed by atoms with Gasteiger partial charge >= 0.3 is 0 Å². The van der Waals surface area contributed by atoms with Crippen molar-refractivity contribution >= 4 is 43.5 Å². The van der Waals surface area contributed by atoms with E-state index in [1.807, 2.05) is 61.5 Å². The molecule has 0 aromatic heterocycles. The number of halogens is 1. The third-order valence-electron chi connectivity index (χ3n) is 5.79. The molecule has 0 aliphatic carbocycles. The molecule has 1 atom stereocenters. The third kappa shape index (κ3) is 7.18. The summed E-state index contributed by atoms with van der Waals surface area (Å²) < 4.78 is 27.1. The van der Waals surface area contributed by atoms with Crippen LogP contribution in [0, 0.1) is 6.92 Å². The van der Waals surface area contributed by atoms with Gasteiger partial charge < -0.3 is 10.2 Å². The number of carbonyl (C=O) groups excluding carboxylic acids is 2. The predicted octanol–water partition coefficient (Wildman–Crippen LogP) is 3.91. The zero-order chi connectivity index (χ0) is 26.3. The highest BCUT2D eigenvalue weighted by Gasteiger charge is 2.33. The number of hydrogen-bond acceptors (Lipinski definition) is 4. The lowest BCUT2D eigenvalue weighted by Gasteiger charge is -2.33. The zero-order valence-corrected chi connectivity index (χ0v) is 22.9. The van der Waals surface area contributed by atoms with Crippen molar-refractivity contribution in [2.45, 2.75) is 25.9 Å². The highest BCUT2D eigenvalue weighted by atomic mass is 79.9. The Morgan fingerprint density at radius 2 is 1.53 bits per heavy atom. The smallest absolute Gasteiger partial charge is 0.244 e. The van der Waals surface area contributed by atoms with Crippen LogP contribution in [0.1, 0.15) is 16.7 Å². The molecule has 0 heterocycles. The highest BCUT2D eigenvalue weighted by molar-refractivity contribution is 9.10. The maximum absolute atomic E-state index is 13.8. The number of anilines is 1. The van der Waals surface area contributed by atoms with Crippen molar-refractivity contribution in [1.29, 1.82) is 0 Å². The van der Waals surface area contributed by atoms with Crippen LogP contribution in [0.3, 0.4) is 0 Å². The van der Waals surface area contributed by atoms with E-state index in [1.165, 1.54) is 11.9 Å². The van der Waals surface area contributed by atoms with Crippen LogP contribution in [-0.4, -0.2) is 51.0 Å². The number of rotatable bonds is 10. The summed E-state index contributed by atoms with van der Waals surface area (Å²) in [6.45, 7) is 1.67. The first-order chi connectivity index (χ1) is 17.1. The molecule has 3 aromatic carbocycles. The molecular weight excluding hydrogens is 542 g/mol. The Morgan fingerprint density at radius 1 is 0.917 bits per heavy atom. The van der Waals surface area contributed by atoms with Crippen molar-refractivity contribution in [2.24, 2.45) is 0 Å². The van der Waals surface area contributed by atoms with Crippen molar-refractivity contribution < 1.29 is 18.0 Å². The van der Waals surface area contributed by atoms with Gasteiger partial charge in [-0.2, -0.15) is 0 Å². The third-order valence-corrected chi connectivity index (χ3v) is 7.59. The molecule has 0 aliphatic heterocycles. The standard InChI is InChI=1S/C27H30BrN3O4S/c1-20-13-15-22(16-14-20)18-30(25(27(33)29-2)17-21-9-5-4-6-10-21)26(32)19-31(36(3,34)35)24-12-8-7-11-23(24)28/h4-16,25H,17-19H2,1-3H3,(H,29,33). The van der Waals surface area contributed by atoms with Gasteiger partial charge in [-0.05, 0) is 46.1 Å². The summed E-state index contributed by atoms with van der Waals surface area (Å²) in [5.74, 6) is -0.813. The topological polar surface area (TPSA) is 86.8 Å². The Morgan fingerprint density at radius 3 is 2.11 bits per heavy atom. The number of benzene rings is 3. The quantitative estimate of drug-likeness (QED) is 0.399. The van der Waals surface area contributed by atoms with Crippen LogP contribution >= 0.6 is 15.9 Å². The summed E-state index contributed by atoms with van der Waals surface area (Å²) in [6.07, 6.45) is 1.34. The SMILES string of the molecule is CNC(=O)C(Cc1ccccc1)N(Cc1ccc(C)cc1)C(=O)CN(c1ccccc1Br)S(C)(=O)=O. The largest absolute Gasteiger partial charge is 0.357 e. The van der Waals surface area contributed by atoms with Crippen molar-refractivity contribution in [3.05, 3.63) is 100 Å². The lowest BCUT2D eigenvalue weighted by Crippen LogP contribution is -2.52. The second-order valence-corrected chi connectivity index (χ2v) is 11.3. The molecule has 9 heteroatoms. The molecule has 0 saturated carbocycles. The average molecular weight is 573 g/mol. The lowest BCUT2D eigenvalue weighted by molar-refractivity contribution is -0.139. The molecule has 3 aromatic rings. The number of sulfonamides is 1. The maximum Gasteiger partial charge on any atom is 0.244 e. The molecule has 190 valence electrons. The van der Waals surface area contributed by atoms with Crippen LogP contribution in [-0.2, 0) is 32.6 Å². The monoisotopic (exact) mass is 571 g/mol. The molecule has 0 fully saturated rings. The fourth-order valence-electron chi connectivity index (χ4n) is 3.86. The number of hydrogen-bond donors (Lipinski definition) is 1. The number of carbonyl (C=O) groups is 2. The van der Waals surface area contributed by atoms with E-state index >= 15 is 0 Å². The van der Waals surface area contributed by atoms with E-state index in [9.17, 15) is 18.0 Å². The van der Waals surface area contributed by atoms with Gasteiger partial charge in [0, 0.05) is 24.5 Å². The number of para-hydroxylation sites is 1. The van der Waals surface area contributed by atoms with Gasteiger partial charge in [-0.3, -0.25) is 13.9 Å². The normalized spacial score (nSPS) is 12.0. The minimum absolute atomic E-state index is 0.150. The number of aryl methyl sites for hydroxylation is 1. The lowest BCUT2D eigenvalue weighted by atomic mass is 10.0. The van der Waals surface area contributed by atoms with E-state index in [0.717, 1.165) is 27.3 Å². The Labute approximate surface area is 221 Å². The number of nitrogens with zero attached hydrogens (tertiary/aromatic N) is 2. The fourth-order valence-corrected chi connectivity index (χ4v) is 5.34. The molecule has 0 spiro atoms. The number of likely N-dealkylation sites (N-methyl/N-ethyl adjacent to an activating group) is 1. The number of nitrogens with one attached hydrogen (secondary N) is 1. The molecule has 0 aliphatic rings. The second kappa shape index (κ2) is 12.2. The summed E-state index contributed by atoms with van der Waals surface area (Å²) in [7, 11) is -2.28. The summed E-state index contributed by atoms with van der Waals surface area (Å²) in [5, 5.41) is 2.67. The van der Waals surface area contributed by atoms with Gasteiger partial charge in [-0.1, -0.05) is 72.3 Å². The first-order valence-electron chi connectivity index (χ1n) is 11.4. The maximum atomic E-state index is 13.8. The van der Waals surface area contributed by atoms with Gasteiger partial charge in [0.25, 0.3) is 0 Å². The first kappa shape index (κ1) is 27.4. The van der Waals surface area contributed by atoms with Crippen LogP contribution in [0.25, 0.3) is 0 Å². The zero-order valence-electron chi connectivity index (χ0n) is 20.5. The Kier molecular flexibility index (Phi) is 9.28.